The van der Waals surface area contributed by atoms with Crippen molar-refractivity contribution in [2.45, 2.75) is 12.5 Å². The fourth-order valence-corrected chi connectivity index (χ4v) is 3.55. The van der Waals surface area contributed by atoms with Crippen LogP contribution in [0, 0.1) is 0 Å². The molecule has 152 valence electrons. The van der Waals surface area contributed by atoms with Crippen molar-refractivity contribution in [3.05, 3.63) is 69.1 Å². The zero-order valence-corrected chi connectivity index (χ0v) is 17.3. The molecule has 4 rings (SSSR count). The van der Waals surface area contributed by atoms with Crippen LogP contribution in [0.4, 0.5) is 5.69 Å². The zero-order valence-electron chi connectivity index (χ0n) is 15.8. The number of hydrazine groups is 1. The number of nitrogens with zero attached hydrogens (tertiary/aromatic N) is 3. The number of benzene rings is 2. The minimum atomic E-state index is -0.913. The van der Waals surface area contributed by atoms with Crippen molar-refractivity contribution < 1.29 is 14.4 Å². The Balaban J connectivity index is 1.52. The Labute approximate surface area is 178 Å². The van der Waals surface area contributed by atoms with Crippen LogP contribution in [0.3, 0.4) is 0 Å². The molecule has 1 aliphatic heterocycles. The minimum absolute atomic E-state index is 0.0294. The molecule has 3 aromatic rings. The van der Waals surface area contributed by atoms with Gasteiger partial charge in [-0.1, -0.05) is 34.1 Å². The van der Waals surface area contributed by atoms with Crippen molar-refractivity contribution in [2.75, 3.05) is 4.90 Å². The third kappa shape index (κ3) is 3.51. The standard InChI is InChI=1S/C20H16BrN5O4/c1-25-19(29)14-5-3-2-4-13(14)17(24-25)18(28)23-22-15-10-16(27)26(20(15)30)12-8-6-11(21)7-9-12/h2-9,15,22H,10H2,1H3,(H,23,28). The van der Waals surface area contributed by atoms with E-state index in [1.54, 1.807) is 48.5 Å². The molecule has 0 radical (unpaired) electrons. The van der Waals surface area contributed by atoms with Gasteiger partial charge in [0.1, 0.15) is 6.04 Å². The zero-order chi connectivity index (χ0) is 21.4. The van der Waals surface area contributed by atoms with Crippen LogP contribution in [-0.2, 0) is 16.6 Å². The van der Waals surface area contributed by atoms with Crippen molar-refractivity contribution in [3.63, 3.8) is 0 Å². The summed E-state index contributed by atoms with van der Waals surface area (Å²) in [6, 6.07) is 12.5. The number of rotatable bonds is 4. The Hall–Kier alpha value is -3.37. The Morgan fingerprint density at radius 2 is 1.73 bits per heavy atom. The molecular weight excluding hydrogens is 454 g/mol. The maximum absolute atomic E-state index is 12.7. The molecule has 0 saturated carbocycles. The van der Waals surface area contributed by atoms with Gasteiger partial charge in [-0.15, -0.1) is 0 Å². The first kappa shape index (κ1) is 19.9. The smallest absolute Gasteiger partial charge is 0.285 e. The van der Waals surface area contributed by atoms with Crippen LogP contribution >= 0.6 is 15.9 Å². The van der Waals surface area contributed by atoms with Gasteiger partial charge in [0.15, 0.2) is 5.69 Å². The van der Waals surface area contributed by atoms with Gasteiger partial charge in [-0.3, -0.25) is 24.6 Å². The van der Waals surface area contributed by atoms with E-state index in [4.69, 9.17) is 0 Å². The second-order valence-electron chi connectivity index (χ2n) is 6.72. The summed E-state index contributed by atoms with van der Waals surface area (Å²) >= 11 is 3.31. The Morgan fingerprint density at radius 1 is 1.07 bits per heavy atom. The Bertz CT molecular complexity index is 1240. The van der Waals surface area contributed by atoms with Crippen molar-refractivity contribution >= 4 is 50.1 Å². The first-order chi connectivity index (χ1) is 14.4. The van der Waals surface area contributed by atoms with Gasteiger partial charge in [0, 0.05) is 16.9 Å². The lowest BCUT2D eigenvalue weighted by Gasteiger charge is -2.16. The van der Waals surface area contributed by atoms with Crippen molar-refractivity contribution in [3.8, 4) is 0 Å². The SMILES string of the molecule is Cn1nc(C(=O)NNC2CC(=O)N(c3ccc(Br)cc3)C2=O)c2ccccc2c1=O. The molecule has 0 spiro atoms. The fourth-order valence-electron chi connectivity index (χ4n) is 3.29. The molecule has 2 heterocycles. The summed E-state index contributed by atoms with van der Waals surface area (Å²) < 4.78 is 1.90. The Kier molecular flexibility index (Phi) is 5.18. The quantitative estimate of drug-likeness (QED) is 0.439. The molecule has 1 aromatic heterocycles. The Morgan fingerprint density at radius 3 is 2.43 bits per heavy atom. The predicted molar refractivity (Wildman–Crippen MR) is 113 cm³/mol. The maximum atomic E-state index is 12.7. The first-order valence-electron chi connectivity index (χ1n) is 9.01. The molecule has 1 unspecified atom stereocenters. The van der Waals surface area contributed by atoms with E-state index in [0.717, 1.165) is 14.1 Å². The highest BCUT2D eigenvalue weighted by molar-refractivity contribution is 9.10. The van der Waals surface area contributed by atoms with Crippen LogP contribution in [-0.4, -0.2) is 33.5 Å². The molecular formula is C20H16BrN5O4. The number of hydrogen-bond donors (Lipinski definition) is 2. The van der Waals surface area contributed by atoms with E-state index in [1.807, 2.05) is 0 Å². The summed E-state index contributed by atoms with van der Waals surface area (Å²) in [6.45, 7) is 0. The second kappa shape index (κ2) is 7.81. The lowest BCUT2D eigenvalue weighted by molar-refractivity contribution is -0.121. The molecule has 1 fully saturated rings. The van der Waals surface area contributed by atoms with Crippen LogP contribution in [0.15, 0.2) is 57.8 Å². The highest BCUT2D eigenvalue weighted by atomic mass is 79.9. The average molecular weight is 470 g/mol. The normalized spacial score (nSPS) is 16.3. The molecule has 0 bridgehead atoms. The summed E-state index contributed by atoms with van der Waals surface area (Å²) in [5.41, 5.74) is 5.22. The minimum Gasteiger partial charge on any atom is -0.285 e. The van der Waals surface area contributed by atoms with Gasteiger partial charge in [-0.05, 0) is 30.3 Å². The highest BCUT2D eigenvalue weighted by Gasteiger charge is 2.39. The fraction of sp³-hybridized carbons (Fsp3) is 0.150. The van der Waals surface area contributed by atoms with Crippen LogP contribution in [0.2, 0.25) is 0 Å². The van der Waals surface area contributed by atoms with Crippen molar-refractivity contribution in [1.82, 2.24) is 20.6 Å². The number of aromatic nitrogens is 2. The number of fused-ring (bicyclic) bond motifs is 1. The second-order valence-corrected chi connectivity index (χ2v) is 7.64. The lowest BCUT2D eigenvalue weighted by Crippen LogP contribution is -2.48. The number of imide groups is 1. The van der Waals surface area contributed by atoms with Gasteiger partial charge in [-0.2, -0.15) is 5.10 Å². The van der Waals surface area contributed by atoms with Crippen LogP contribution in [0.1, 0.15) is 16.9 Å². The topological polar surface area (TPSA) is 113 Å². The lowest BCUT2D eigenvalue weighted by atomic mass is 10.1. The summed E-state index contributed by atoms with van der Waals surface area (Å²) in [6.07, 6.45) is -0.101. The first-order valence-corrected chi connectivity index (χ1v) is 9.80. The van der Waals surface area contributed by atoms with E-state index in [1.165, 1.54) is 7.05 Å². The van der Waals surface area contributed by atoms with E-state index < -0.39 is 17.9 Å². The van der Waals surface area contributed by atoms with Gasteiger partial charge in [0.05, 0.1) is 17.5 Å². The monoisotopic (exact) mass is 469 g/mol. The van der Waals surface area contributed by atoms with E-state index >= 15 is 0 Å². The number of carbonyl (C=O) groups is 3. The molecule has 0 aliphatic carbocycles. The number of hydrogen-bond acceptors (Lipinski definition) is 6. The third-order valence-electron chi connectivity index (χ3n) is 4.76. The number of halogens is 1. The van der Waals surface area contributed by atoms with Gasteiger partial charge < -0.3 is 0 Å². The molecule has 9 nitrogen and oxygen atoms in total. The molecule has 1 atom stereocenters. The summed E-state index contributed by atoms with van der Waals surface area (Å²) in [5.74, 6) is -1.47. The average Bonchev–Trinajstić information content (AvgIpc) is 3.03. The van der Waals surface area contributed by atoms with Crippen LogP contribution in [0.25, 0.3) is 10.8 Å². The van der Waals surface area contributed by atoms with Gasteiger partial charge in [-0.25, -0.2) is 15.0 Å². The number of nitrogens with one attached hydrogen (secondary N) is 2. The molecule has 30 heavy (non-hydrogen) atoms. The van der Waals surface area contributed by atoms with Crippen LogP contribution in [0.5, 0.6) is 0 Å². The van der Waals surface area contributed by atoms with Crippen molar-refractivity contribution in [2.24, 2.45) is 7.05 Å². The van der Waals surface area contributed by atoms with E-state index in [2.05, 4.69) is 31.9 Å². The largest absolute Gasteiger partial charge is 0.286 e. The number of anilines is 1. The van der Waals surface area contributed by atoms with Gasteiger partial charge in [0.2, 0.25) is 5.91 Å². The van der Waals surface area contributed by atoms with E-state index in [-0.39, 0.29) is 23.6 Å². The summed E-state index contributed by atoms with van der Waals surface area (Å²) in [7, 11) is 1.45. The molecule has 3 amide bonds. The molecule has 1 aliphatic rings. The number of carbonyl (C=O) groups excluding carboxylic acids is 3. The summed E-state index contributed by atoms with van der Waals surface area (Å²) in [4.78, 5) is 51.0. The van der Waals surface area contributed by atoms with E-state index in [9.17, 15) is 19.2 Å². The highest BCUT2D eigenvalue weighted by Crippen LogP contribution is 2.24. The number of aryl methyl sites for hydroxylation is 1. The molecule has 2 N–H and O–H groups in total. The van der Waals surface area contributed by atoms with Gasteiger partial charge in [0.25, 0.3) is 17.4 Å². The molecule has 1 saturated heterocycles. The number of amides is 3. The van der Waals surface area contributed by atoms with E-state index in [0.29, 0.717) is 16.5 Å². The van der Waals surface area contributed by atoms with Crippen molar-refractivity contribution in [1.29, 1.82) is 0 Å². The predicted octanol–water partition coefficient (Wildman–Crippen LogP) is 1.26. The van der Waals surface area contributed by atoms with Gasteiger partial charge >= 0.3 is 0 Å². The molecule has 10 heteroatoms. The summed E-state index contributed by atoms with van der Waals surface area (Å²) in [5, 5.41) is 4.79. The maximum Gasteiger partial charge on any atom is 0.286 e. The van der Waals surface area contributed by atoms with Crippen LogP contribution < -0.4 is 21.3 Å². The third-order valence-corrected chi connectivity index (χ3v) is 5.29. The molecule has 2 aromatic carbocycles.